The Labute approximate surface area is 166 Å². The van der Waals surface area contributed by atoms with Gasteiger partial charge in [-0.2, -0.15) is 5.10 Å². The molecular weight excluding hydrogens is 356 g/mol. The third-order valence-electron chi connectivity index (χ3n) is 5.46. The van der Waals surface area contributed by atoms with Crippen molar-refractivity contribution in [2.24, 2.45) is 0 Å². The molecule has 1 saturated heterocycles. The van der Waals surface area contributed by atoms with Gasteiger partial charge in [0.15, 0.2) is 0 Å². The fourth-order valence-electron chi connectivity index (χ4n) is 3.81. The lowest BCUT2D eigenvalue weighted by molar-refractivity contribution is 0.0321. The first kappa shape index (κ1) is 19.4. The van der Waals surface area contributed by atoms with E-state index in [-0.39, 0.29) is 0 Å². The molecule has 7 heteroatoms. The topological polar surface area (TPSA) is 63.0 Å². The molecule has 7 nitrogen and oxygen atoms in total. The number of fused-ring (bicyclic) bond motifs is 1. The second-order valence-corrected chi connectivity index (χ2v) is 7.58. The van der Waals surface area contributed by atoms with Crippen LogP contribution in [0.25, 0.3) is 0 Å². The molecule has 2 aliphatic heterocycles. The number of nitrogens with zero attached hydrogens (tertiary/aromatic N) is 4. The van der Waals surface area contributed by atoms with Crippen LogP contribution in [0.4, 0.5) is 0 Å². The summed E-state index contributed by atoms with van der Waals surface area (Å²) < 4.78 is 13.5. The molecule has 1 fully saturated rings. The van der Waals surface area contributed by atoms with Crippen molar-refractivity contribution in [1.82, 2.24) is 19.6 Å². The molecule has 152 valence electrons. The number of rotatable bonds is 7. The third-order valence-corrected chi connectivity index (χ3v) is 5.46. The van der Waals surface area contributed by atoms with E-state index in [9.17, 15) is 5.11 Å². The van der Waals surface area contributed by atoms with Crippen LogP contribution in [0.15, 0.2) is 30.3 Å². The standard InChI is InChI=1S/C21H30N4O3/c1-17(26)20-14-19-16-24(6-7-25(19)22-20)15-18-4-2-3-5-21(18)28-13-10-23-8-11-27-12-9-23/h2-5,14,17,26H,6-13,15-16H2,1H3/t17-/m1/s1. The van der Waals surface area contributed by atoms with Crippen molar-refractivity contribution in [3.05, 3.63) is 47.3 Å². The Balaban J connectivity index is 1.34. The van der Waals surface area contributed by atoms with Gasteiger partial charge in [0.1, 0.15) is 12.4 Å². The molecule has 0 spiro atoms. The SMILES string of the molecule is C[C@@H](O)c1cc2n(n1)CCN(Cc1ccccc1OCCN1CCOCC1)C2. The summed E-state index contributed by atoms with van der Waals surface area (Å²) in [6.45, 7) is 10.5. The Morgan fingerprint density at radius 2 is 1.96 bits per heavy atom. The van der Waals surface area contributed by atoms with Gasteiger partial charge in [-0.05, 0) is 19.1 Å². The first-order valence-corrected chi connectivity index (χ1v) is 10.2. The molecule has 0 saturated carbocycles. The van der Waals surface area contributed by atoms with Gasteiger partial charge in [-0.1, -0.05) is 18.2 Å². The molecule has 4 rings (SSSR count). The Morgan fingerprint density at radius 1 is 1.14 bits per heavy atom. The number of ether oxygens (including phenoxy) is 2. The van der Waals surface area contributed by atoms with Crippen LogP contribution < -0.4 is 4.74 Å². The quantitative estimate of drug-likeness (QED) is 0.781. The first-order valence-electron chi connectivity index (χ1n) is 10.2. The number of morpholine rings is 1. The summed E-state index contributed by atoms with van der Waals surface area (Å²) in [5.41, 5.74) is 3.13. The lowest BCUT2D eigenvalue weighted by Gasteiger charge is -2.28. The molecule has 2 aliphatic rings. The lowest BCUT2D eigenvalue weighted by atomic mass is 10.1. The highest BCUT2D eigenvalue weighted by Gasteiger charge is 2.21. The van der Waals surface area contributed by atoms with Crippen molar-refractivity contribution in [1.29, 1.82) is 0 Å². The smallest absolute Gasteiger partial charge is 0.123 e. The average Bonchev–Trinajstić information content (AvgIpc) is 3.14. The maximum atomic E-state index is 9.77. The molecule has 0 radical (unpaired) electrons. The van der Waals surface area contributed by atoms with E-state index in [1.165, 1.54) is 5.56 Å². The summed E-state index contributed by atoms with van der Waals surface area (Å²) in [5.74, 6) is 0.972. The van der Waals surface area contributed by atoms with Crippen molar-refractivity contribution < 1.29 is 14.6 Å². The van der Waals surface area contributed by atoms with Gasteiger partial charge >= 0.3 is 0 Å². The van der Waals surface area contributed by atoms with Gasteiger partial charge in [0.05, 0.1) is 37.3 Å². The molecule has 0 amide bonds. The predicted molar refractivity (Wildman–Crippen MR) is 106 cm³/mol. The van der Waals surface area contributed by atoms with Crippen molar-refractivity contribution in [2.75, 3.05) is 46.0 Å². The Hall–Kier alpha value is -1.93. The van der Waals surface area contributed by atoms with Crippen molar-refractivity contribution in [2.45, 2.75) is 32.7 Å². The lowest BCUT2D eigenvalue weighted by Crippen LogP contribution is -2.38. The van der Waals surface area contributed by atoms with Crippen LogP contribution in [0.5, 0.6) is 5.75 Å². The van der Waals surface area contributed by atoms with Gasteiger partial charge < -0.3 is 14.6 Å². The zero-order chi connectivity index (χ0) is 19.3. The van der Waals surface area contributed by atoms with Gasteiger partial charge in [-0.25, -0.2) is 0 Å². The molecule has 1 aromatic carbocycles. The number of hydrogen-bond donors (Lipinski definition) is 1. The van der Waals surface area contributed by atoms with Crippen molar-refractivity contribution >= 4 is 0 Å². The number of aliphatic hydroxyl groups is 1. The zero-order valence-corrected chi connectivity index (χ0v) is 16.6. The minimum Gasteiger partial charge on any atom is -0.492 e. The van der Waals surface area contributed by atoms with Crippen molar-refractivity contribution in [3.63, 3.8) is 0 Å². The number of aliphatic hydroxyl groups excluding tert-OH is 1. The molecule has 1 atom stereocenters. The molecule has 1 N–H and O–H groups in total. The first-order chi connectivity index (χ1) is 13.7. The van der Waals surface area contributed by atoms with Gasteiger partial charge in [-0.3, -0.25) is 14.5 Å². The minimum atomic E-state index is -0.521. The van der Waals surface area contributed by atoms with Crippen LogP contribution in [0.1, 0.15) is 30.0 Å². The van der Waals surface area contributed by atoms with E-state index in [0.717, 1.165) is 76.2 Å². The van der Waals surface area contributed by atoms with Crippen LogP contribution in [-0.4, -0.2) is 70.7 Å². The van der Waals surface area contributed by atoms with Crippen LogP contribution in [0, 0.1) is 0 Å². The van der Waals surface area contributed by atoms with E-state index in [0.29, 0.717) is 6.61 Å². The molecule has 28 heavy (non-hydrogen) atoms. The monoisotopic (exact) mass is 386 g/mol. The van der Waals surface area contributed by atoms with E-state index in [2.05, 4.69) is 33.1 Å². The summed E-state index contributed by atoms with van der Waals surface area (Å²) in [4.78, 5) is 4.80. The highest BCUT2D eigenvalue weighted by Crippen LogP contribution is 2.23. The van der Waals surface area contributed by atoms with Gasteiger partial charge in [-0.15, -0.1) is 0 Å². The Morgan fingerprint density at radius 3 is 2.79 bits per heavy atom. The minimum absolute atomic E-state index is 0.521. The molecule has 3 heterocycles. The number of hydrogen-bond acceptors (Lipinski definition) is 6. The highest BCUT2D eigenvalue weighted by atomic mass is 16.5. The molecular formula is C21H30N4O3. The Kier molecular flexibility index (Phi) is 6.26. The largest absolute Gasteiger partial charge is 0.492 e. The summed E-state index contributed by atoms with van der Waals surface area (Å²) in [6, 6.07) is 10.3. The van der Waals surface area contributed by atoms with Crippen LogP contribution in [-0.2, 0) is 24.4 Å². The maximum absolute atomic E-state index is 9.77. The van der Waals surface area contributed by atoms with E-state index >= 15 is 0 Å². The fourth-order valence-corrected chi connectivity index (χ4v) is 3.81. The Bertz CT molecular complexity index is 771. The van der Waals surface area contributed by atoms with E-state index in [4.69, 9.17) is 9.47 Å². The average molecular weight is 386 g/mol. The summed E-state index contributed by atoms with van der Waals surface area (Å²) in [6.07, 6.45) is -0.521. The van der Waals surface area contributed by atoms with Crippen molar-refractivity contribution in [3.8, 4) is 5.75 Å². The molecule has 0 aliphatic carbocycles. The number of aromatic nitrogens is 2. The fraction of sp³-hybridized carbons (Fsp3) is 0.571. The summed E-state index contributed by atoms with van der Waals surface area (Å²) in [5, 5.41) is 14.3. The van der Waals surface area contributed by atoms with E-state index in [1.807, 2.05) is 16.8 Å². The molecule has 0 unspecified atom stereocenters. The number of para-hydroxylation sites is 1. The zero-order valence-electron chi connectivity index (χ0n) is 16.6. The normalized spacial score (nSPS) is 19.4. The van der Waals surface area contributed by atoms with E-state index < -0.39 is 6.10 Å². The second-order valence-electron chi connectivity index (χ2n) is 7.58. The maximum Gasteiger partial charge on any atom is 0.123 e. The summed E-state index contributed by atoms with van der Waals surface area (Å²) >= 11 is 0. The van der Waals surface area contributed by atoms with Crippen LogP contribution in [0.2, 0.25) is 0 Å². The molecule has 2 aromatic rings. The van der Waals surface area contributed by atoms with E-state index in [1.54, 1.807) is 6.92 Å². The van der Waals surface area contributed by atoms with Gasteiger partial charge in [0.25, 0.3) is 0 Å². The summed E-state index contributed by atoms with van der Waals surface area (Å²) in [7, 11) is 0. The van der Waals surface area contributed by atoms with Gasteiger partial charge in [0, 0.05) is 44.8 Å². The molecule has 1 aromatic heterocycles. The highest BCUT2D eigenvalue weighted by molar-refractivity contribution is 5.33. The predicted octanol–water partition coefficient (Wildman–Crippen LogP) is 1.66. The number of benzene rings is 1. The van der Waals surface area contributed by atoms with Crippen LogP contribution >= 0.6 is 0 Å². The van der Waals surface area contributed by atoms with Crippen LogP contribution in [0.3, 0.4) is 0 Å². The molecule has 0 bridgehead atoms. The van der Waals surface area contributed by atoms with Gasteiger partial charge in [0.2, 0.25) is 0 Å². The third kappa shape index (κ3) is 4.72. The second kappa shape index (κ2) is 9.05.